The number of para-hydroxylation sites is 4. The number of nitrogens with zero attached hydrogens (tertiary/aromatic N) is 4. The van der Waals surface area contributed by atoms with E-state index in [1.54, 1.807) is 18.2 Å². The van der Waals surface area contributed by atoms with Gasteiger partial charge in [0.2, 0.25) is 0 Å². The Morgan fingerprint density at radius 1 is 0.600 bits per heavy atom. The van der Waals surface area contributed by atoms with E-state index in [0.29, 0.717) is 23.5 Å². The van der Waals surface area contributed by atoms with Crippen molar-refractivity contribution in [2.75, 3.05) is 9.80 Å². The summed E-state index contributed by atoms with van der Waals surface area (Å²) in [6.45, 7) is 17.3. The number of anilines is 4. The molecule has 3 heterocycles. The molecule has 0 aliphatic carbocycles. The number of benzene rings is 8. The van der Waals surface area contributed by atoms with Gasteiger partial charge in [-0.05, 0) is 92.8 Å². The number of hydrogen-bond acceptors (Lipinski definition) is 3. The van der Waals surface area contributed by atoms with Crippen LogP contribution in [0.4, 0.5) is 22.7 Å². The fourth-order valence-corrected chi connectivity index (χ4v) is 9.81. The van der Waals surface area contributed by atoms with Crippen LogP contribution in [0.25, 0.3) is 61.0 Å². The molecule has 0 atom stereocenters. The van der Waals surface area contributed by atoms with Crippen LogP contribution in [-0.4, -0.2) is 9.55 Å². The van der Waals surface area contributed by atoms with E-state index < -0.39 is 60.4 Å². The van der Waals surface area contributed by atoms with E-state index in [-0.39, 0.29) is 66.3 Å². The summed E-state index contributed by atoms with van der Waals surface area (Å²) in [6.07, 6.45) is 2.33. The Balaban J connectivity index is 0.00000720. The average Bonchev–Trinajstić information content (AvgIpc) is 4.07. The molecular weight excluding hydrogens is 1030 g/mol. The molecule has 2 aromatic heterocycles. The minimum atomic E-state index is -0.556. The van der Waals surface area contributed by atoms with Gasteiger partial charge in [-0.3, -0.25) is 0 Å². The van der Waals surface area contributed by atoms with Crippen molar-refractivity contribution in [2.45, 2.75) is 72.1 Å². The molecular formula is C65H57N4Pt-3. The van der Waals surface area contributed by atoms with Gasteiger partial charge in [0.15, 0.2) is 0 Å². The Bertz CT molecular complexity index is 3950. The van der Waals surface area contributed by atoms with Gasteiger partial charge in [0, 0.05) is 61.0 Å². The predicted octanol–water partition coefficient (Wildman–Crippen LogP) is 17.3. The van der Waals surface area contributed by atoms with Crippen molar-refractivity contribution in [3.8, 4) is 39.2 Å². The maximum atomic E-state index is 9.21. The van der Waals surface area contributed by atoms with E-state index in [0.717, 1.165) is 49.9 Å². The van der Waals surface area contributed by atoms with Gasteiger partial charge < -0.3 is 14.4 Å². The molecule has 4 nitrogen and oxygen atoms in total. The molecule has 0 bridgehead atoms. The zero-order chi connectivity index (χ0) is 56.1. The zero-order valence-corrected chi connectivity index (χ0v) is 42.4. The van der Waals surface area contributed by atoms with E-state index in [4.69, 9.17) is 13.2 Å². The number of hydrogen-bond donors (Lipinski definition) is 0. The molecule has 0 N–H and O–H groups in total. The Kier molecular flexibility index (Phi) is 9.81. The molecule has 0 radical (unpaired) electrons. The molecule has 1 aliphatic rings. The standard InChI is InChI=1S/C65H57N4.Pt/c1-43(2)52-25-18-26-53(44(3)4)63(52)49-37-46(36-45-32-33-57-56-24-14-15-29-58(56)69(61(57)39-45)62-41-50(34-35-66-62)65(5,6)7)38-51(40-49)67-42-68(60-31-17-16-30-59(60)67)64-54(47-20-10-8-11-21-47)27-19-28-55(64)48-22-12-9-13-23-48;/h8-35,37,40-44H,36H2,1-7H3;/q-3;/i8D,9D,10D,11D,12D,13D,20D,21D,22D,23D;. The van der Waals surface area contributed by atoms with E-state index in [2.05, 4.69) is 138 Å². The van der Waals surface area contributed by atoms with Crippen molar-refractivity contribution in [2.24, 2.45) is 0 Å². The second-order valence-corrected chi connectivity index (χ2v) is 19.4. The third-order valence-corrected chi connectivity index (χ3v) is 13.1. The minimum Gasteiger partial charge on any atom is -0.493 e. The smallest absolute Gasteiger partial charge is 0.135 e. The quantitative estimate of drug-likeness (QED) is 0.128. The van der Waals surface area contributed by atoms with Crippen molar-refractivity contribution >= 4 is 44.6 Å². The monoisotopic (exact) mass is 1100 g/mol. The van der Waals surface area contributed by atoms with Crippen LogP contribution in [0.2, 0.25) is 0 Å². The molecule has 0 unspecified atom stereocenters. The SMILES string of the molecule is [2H]c1c([2H])c([2H])c(-c2cccc(-c3c([2H])c([2H])c([2H])c([2H])c3[2H])c2N2[CH-]N(c3[c-]c(Cc4[c-]c5c(cc4)c4ccccc4n5-c4cc(C(C)(C)C)ccn4)cc(-c4c(C(C)C)cccc4C(C)C)c3)c3ccccc32)c([2H])c1[2H].[Pt]. The van der Waals surface area contributed by atoms with Crippen molar-refractivity contribution in [3.05, 3.63) is 235 Å². The van der Waals surface area contributed by atoms with Crippen LogP contribution < -0.4 is 9.80 Å². The molecule has 0 saturated carbocycles. The first-order chi connectivity index (χ1) is 37.7. The molecule has 1 aliphatic heterocycles. The number of fused-ring (bicyclic) bond motifs is 4. The van der Waals surface area contributed by atoms with E-state index in [1.807, 2.05) is 53.0 Å². The molecule has 70 heavy (non-hydrogen) atoms. The van der Waals surface area contributed by atoms with Crippen molar-refractivity contribution < 1.29 is 34.8 Å². The van der Waals surface area contributed by atoms with Crippen molar-refractivity contribution in [1.82, 2.24) is 9.55 Å². The molecule has 5 heteroatoms. The molecule has 8 aromatic carbocycles. The van der Waals surface area contributed by atoms with E-state index in [1.165, 1.54) is 16.7 Å². The fourth-order valence-electron chi connectivity index (χ4n) is 9.81. The van der Waals surface area contributed by atoms with Gasteiger partial charge in [0.1, 0.15) is 5.82 Å². The van der Waals surface area contributed by atoms with Crippen LogP contribution >= 0.6 is 0 Å². The molecule has 10 aromatic rings. The summed E-state index contributed by atoms with van der Waals surface area (Å²) in [5.74, 6) is 1.17. The number of rotatable bonds is 10. The first-order valence-corrected chi connectivity index (χ1v) is 23.6. The number of aromatic nitrogens is 2. The van der Waals surface area contributed by atoms with Crippen LogP contribution in [0.5, 0.6) is 0 Å². The van der Waals surface area contributed by atoms with Crippen molar-refractivity contribution in [1.29, 1.82) is 0 Å². The molecule has 11 rings (SSSR count). The van der Waals surface area contributed by atoms with Crippen LogP contribution in [-0.2, 0) is 32.9 Å². The van der Waals surface area contributed by atoms with Gasteiger partial charge in [-0.1, -0.05) is 181 Å². The molecule has 350 valence electrons. The summed E-state index contributed by atoms with van der Waals surface area (Å²) >= 11 is 0. The third-order valence-electron chi connectivity index (χ3n) is 13.1. The second kappa shape index (κ2) is 19.1. The summed E-state index contributed by atoms with van der Waals surface area (Å²) in [4.78, 5) is 8.76. The Labute approximate surface area is 442 Å². The van der Waals surface area contributed by atoms with Gasteiger partial charge in [-0.25, -0.2) is 4.98 Å². The van der Waals surface area contributed by atoms with Gasteiger partial charge in [-0.15, -0.1) is 29.4 Å². The first-order valence-electron chi connectivity index (χ1n) is 28.6. The summed E-state index contributed by atoms with van der Waals surface area (Å²) in [7, 11) is 0. The molecule has 0 saturated heterocycles. The van der Waals surface area contributed by atoms with Crippen LogP contribution in [0.15, 0.2) is 188 Å². The Morgan fingerprint density at radius 2 is 1.21 bits per heavy atom. The zero-order valence-electron chi connectivity index (χ0n) is 50.2. The second-order valence-electron chi connectivity index (χ2n) is 19.4. The topological polar surface area (TPSA) is 24.3 Å². The summed E-state index contributed by atoms with van der Waals surface area (Å²) in [6, 6.07) is 43.0. The van der Waals surface area contributed by atoms with Crippen molar-refractivity contribution in [3.63, 3.8) is 0 Å². The van der Waals surface area contributed by atoms with Gasteiger partial charge >= 0.3 is 0 Å². The first kappa shape index (κ1) is 36.0. The Morgan fingerprint density at radius 3 is 1.86 bits per heavy atom. The van der Waals surface area contributed by atoms with Gasteiger partial charge in [0.05, 0.1) is 13.7 Å². The summed E-state index contributed by atoms with van der Waals surface area (Å²) in [5.41, 5.74) is 11.8. The van der Waals surface area contributed by atoms with Crippen LogP contribution in [0.1, 0.15) is 102 Å². The molecule has 0 fully saturated rings. The maximum Gasteiger partial charge on any atom is 0.135 e. The minimum absolute atomic E-state index is 0. The maximum absolute atomic E-state index is 9.21. The van der Waals surface area contributed by atoms with Crippen LogP contribution in [0, 0.1) is 18.8 Å². The van der Waals surface area contributed by atoms with E-state index in [9.17, 15) is 5.48 Å². The molecule has 0 amide bonds. The average molecular weight is 1100 g/mol. The third kappa shape index (κ3) is 8.58. The predicted molar refractivity (Wildman–Crippen MR) is 290 cm³/mol. The largest absolute Gasteiger partial charge is 0.493 e. The van der Waals surface area contributed by atoms with E-state index >= 15 is 0 Å². The Hall–Kier alpha value is -7.00. The summed E-state index contributed by atoms with van der Waals surface area (Å²) in [5, 5.41) is 2.16. The van der Waals surface area contributed by atoms with Gasteiger partial charge in [0.25, 0.3) is 0 Å². The molecule has 0 spiro atoms. The summed E-state index contributed by atoms with van der Waals surface area (Å²) < 4.78 is 90.9. The number of pyridine rings is 1. The fraction of sp³-hybridized carbons (Fsp3) is 0.169. The van der Waals surface area contributed by atoms with Gasteiger partial charge in [-0.2, -0.15) is 41.5 Å². The van der Waals surface area contributed by atoms with Crippen LogP contribution in [0.3, 0.4) is 0 Å². The normalized spacial score (nSPS) is 14.6.